The molecule has 0 fully saturated rings. The number of esters is 1. The molecule has 7 nitrogen and oxygen atoms in total. The predicted molar refractivity (Wildman–Crippen MR) is 106 cm³/mol. The van der Waals surface area contributed by atoms with Gasteiger partial charge in [-0.05, 0) is 23.8 Å². The average Bonchev–Trinajstić information content (AvgIpc) is 2.72. The van der Waals surface area contributed by atoms with Gasteiger partial charge in [0.1, 0.15) is 5.56 Å². The van der Waals surface area contributed by atoms with E-state index < -0.39 is 35.4 Å². The van der Waals surface area contributed by atoms with Gasteiger partial charge in [-0.2, -0.15) is 13.2 Å². The SMILES string of the molecule is O=C(NCc1ccccc1)OC(=O)c1cnc(Nc2cccc(Cl)c2)nc1C(F)(F)F. The quantitative estimate of drug-likeness (QED) is 0.421. The van der Waals surface area contributed by atoms with Gasteiger partial charge < -0.3 is 15.4 Å². The molecule has 3 rings (SSSR count). The van der Waals surface area contributed by atoms with E-state index in [1.807, 2.05) is 0 Å². The summed E-state index contributed by atoms with van der Waals surface area (Å²) in [5.41, 5.74) is -1.49. The summed E-state index contributed by atoms with van der Waals surface area (Å²) in [6.45, 7) is 0.0259. The third kappa shape index (κ3) is 6.16. The number of anilines is 2. The Bertz CT molecular complexity index is 1090. The largest absolute Gasteiger partial charge is 0.434 e. The lowest BCUT2D eigenvalue weighted by Gasteiger charge is -2.13. The van der Waals surface area contributed by atoms with Crippen LogP contribution in [-0.4, -0.2) is 22.0 Å². The first-order chi connectivity index (χ1) is 14.7. The molecule has 3 aromatic rings. The van der Waals surface area contributed by atoms with E-state index in [2.05, 4.69) is 25.3 Å². The van der Waals surface area contributed by atoms with Crippen molar-refractivity contribution in [3.8, 4) is 0 Å². The molecule has 2 aromatic carbocycles. The molecule has 160 valence electrons. The number of carbonyl (C=O) groups is 2. The van der Waals surface area contributed by atoms with Crippen molar-refractivity contribution in [1.82, 2.24) is 15.3 Å². The van der Waals surface area contributed by atoms with Crippen LogP contribution in [0.25, 0.3) is 0 Å². The monoisotopic (exact) mass is 450 g/mol. The first-order valence-electron chi connectivity index (χ1n) is 8.73. The van der Waals surface area contributed by atoms with Crippen LogP contribution < -0.4 is 10.6 Å². The fraction of sp³-hybridized carbons (Fsp3) is 0.100. The van der Waals surface area contributed by atoms with Crippen LogP contribution in [0.5, 0.6) is 0 Å². The summed E-state index contributed by atoms with van der Waals surface area (Å²) in [5, 5.41) is 5.19. The van der Waals surface area contributed by atoms with Gasteiger partial charge >= 0.3 is 18.2 Å². The average molecular weight is 451 g/mol. The number of nitrogens with zero attached hydrogens (tertiary/aromatic N) is 2. The van der Waals surface area contributed by atoms with Gasteiger partial charge in [0.05, 0.1) is 0 Å². The Labute approximate surface area is 179 Å². The van der Waals surface area contributed by atoms with Gasteiger partial charge in [0.2, 0.25) is 5.95 Å². The van der Waals surface area contributed by atoms with E-state index in [-0.39, 0.29) is 6.54 Å². The maximum absolute atomic E-state index is 13.5. The second-order valence-electron chi connectivity index (χ2n) is 6.11. The maximum atomic E-state index is 13.5. The van der Waals surface area contributed by atoms with Gasteiger partial charge in [0, 0.05) is 23.5 Å². The molecule has 0 aliphatic rings. The van der Waals surface area contributed by atoms with E-state index in [1.54, 1.807) is 48.5 Å². The molecule has 0 atom stereocenters. The number of rotatable bonds is 5. The number of benzene rings is 2. The van der Waals surface area contributed by atoms with Crippen molar-refractivity contribution < 1.29 is 27.5 Å². The summed E-state index contributed by atoms with van der Waals surface area (Å²) >= 11 is 5.84. The molecule has 0 saturated carbocycles. The number of ether oxygens (including phenoxy) is 1. The minimum absolute atomic E-state index is 0.0259. The number of hydrogen-bond donors (Lipinski definition) is 2. The van der Waals surface area contributed by atoms with Crippen LogP contribution in [0, 0.1) is 0 Å². The topological polar surface area (TPSA) is 93.2 Å². The third-order valence-electron chi connectivity index (χ3n) is 3.82. The molecule has 0 radical (unpaired) electrons. The third-order valence-corrected chi connectivity index (χ3v) is 4.06. The number of alkyl carbamates (subject to hydrolysis) is 1. The fourth-order valence-corrected chi connectivity index (χ4v) is 2.64. The van der Waals surface area contributed by atoms with Gasteiger partial charge in [-0.15, -0.1) is 0 Å². The fourth-order valence-electron chi connectivity index (χ4n) is 2.45. The Morgan fingerprint density at radius 3 is 2.48 bits per heavy atom. The van der Waals surface area contributed by atoms with Crippen LogP contribution in [0.4, 0.5) is 29.6 Å². The second-order valence-corrected chi connectivity index (χ2v) is 6.54. The van der Waals surface area contributed by atoms with E-state index in [9.17, 15) is 22.8 Å². The minimum atomic E-state index is -5.00. The summed E-state index contributed by atoms with van der Waals surface area (Å²) in [4.78, 5) is 31.0. The van der Waals surface area contributed by atoms with Crippen molar-refractivity contribution in [1.29, 1.82) is 0 Å². The molecular formula is C20H14ClF3N4O3. The highest BCUT2D eigenvalue weighted by Crippen LogP contribution is 2.31. The maximum Gasteiger partial charge on any atom is 0.434 e. The Balaban J connectivity index is 1.74. The predicted octanol–water partition coefficient (Wildman–Crippen LogP) is 4.96. The molecule has 0 aliphatic carbocycles. The number of nitrogens with one attached hydrogen (secondary N) is 2. The van der Waals surface area contributed by atoms with E-state index >= 15 is 0 Å². The standard InChI is InChI=1S/C20H14ClF3N4O3/c21-13-7-4-8-14(9-13)27-18-25-11-15(16(28-18)20(22,23)24)17(29)31-19(30)26-10-12-5-2-1-3-6-12/h1-9,11H,10H2,(H,26,30)(H,25,27,28). The van der Waals surface area contributed by atoms with Gasteiger partial charge in [0.15, 0.2) is 5.69 Å². The molecule has 1 heterocycles. The molecule has 0 saturated heterocycles. The Kier molecular flexibility index (Phi) is 6.71. The number of amides is 1. The molecule has 1 aromatic heterocycles. The number of aromatic nitrogens is 2. The number of halogens is 4. The van der Waals surface area contributed by atoms with Gasteiger partial charge in [-0.1, -0.05) is 48.0 Å². The molecule has 31 heavy (non-hydrogen) atoms. The molecule has 0 aliphatic heterocycles. The highest BCUT2D eigenvalue weighted by atomic mass is 35.5. The molecule has 11 heteroatoms. The van der Waals surface area contributed by atoms with E-state index in [1.165, 1.54) is 6.07 Å². The number of hydrogen-bond acceptors (Lipinski definition) is 6. The summed E-state index contributed by atoms with van der Waals surface area (Å²) in [6, 6.07) is 14.8. The summed E-state index contributed by atoms with van der Waals surface area (Å²) in [6.07, 6.45) is -5.57. The smallest absolute Gasteiger partial charge is 0.372 e. The van der Waals surface area contributed by atoms with Gasteiger partial charge in [-0.25, -0.2) is 19.6 Å². The minimum Gasteiger partial charge on any atom is -0.372 e. The molecule has 1 amide bonds. The number of alkyl halides is 3. The van der Waals surface area contributed by atoms with Crippen molar-refractivity contribution in [2.24, 2.45) is 0 Å². The Morgan fingerprint density at radius 1 is 1.06 bits per heavy atom. The highest BCUT2D eigenvalue weighted by molar-refractivity contribution is 6.30. The van der Waals surface area contributed by atoms with E-state index in [4.69, 9.17) is 11.6 Å². The first-order valence-corrected chi connectivity index (χ1v) is 9.11. The Hall–Kier alpha value is -3.66. The number of carbonyl (C=O) groups excluding carboxylic acids is 2. The van der Waals surface area contributed by atoms with Crippen LogP contribution in [0.2, 0.25) is 5.02 Å². The van der Waals surface area contributed by atoms with Crippen molar-refractivity contribution in [3.05, 3.63) is 82.6 Å². The van der Waals surface area contributed by atoms with Gasteiger partial charge in [0.25, 0.3) is 0 Å². The first kappa shape index (κ1) is 22.0. The van der Waals surface area contributed by atoms with Crippen molar-refractivity contribution in [2.45, 2.75) is 12.7 Å². The zero-order valence-corrected chi connectivity index (χ0v) is 16.4. The molecule has 2 N–H and O–H groups in total. The van der Waals surface area contributed by atoms with E-state index in [0.717, 1.165) is 0 Å². The van der Waals surface area contributed by atoms with Crippen LogP contribution in [0.15, 0.2) is 60.8 Å². The van der Waals surface area contributed by atoms with Gasteiger partial charge in [-0.3, -0.25) is 0 Å². The normalized spacial score (nSPS) is 11.0. The molecular weight excluding hydrogens is 437 g/mol. The van der Waals surface area contributed by atoms with Crippen LogP contribution in [0.3, 0.4) is 0 Å². The van der Waals surface area contributed by atoms with Crippen molar-refractivity contribution in [3.63, 3.8) is 0 Å². The molecule has 0 bridgehead atoms. The lowest BCUT2D eigenvalue weighted by Crippen LogP contribution is -2.28. The lowest BCUT2D eigenvalue weighted by molar-refractivity contribution is -0.141. The lowest BCUT2D eigenvalue weighted by atomic mass is 10.2. The summed E-state index contributed by atoms with van der Waals surface area (Å²) < 4.78 is 44.8. The summed E-state index contributed by atoms with van der Waals surface area (Å²) in [5.74, 6) is -1.95. The van der Waals surface area contributed by atoms with Crippen molar-refractivity contribution >= 4 is 35.3 Å². The van der Waals surface area contributed by atoms with Crippen LogP contribution >= 0.6 is 11.6 Å². The van der Waals surface area contributed by atoms with Crippen molar-refractivity contribution in [2.75, 3.05) is 5.32 Å². The van der Waals surface area contributed by atoms with Crippen LogP contribution in [0.1, 0.15) is 21.6 Å². The highest BCUT2D eigenvalue weighted by Gasteiger charge is 2.39. The summed E-state index contributed by atoms with van der Waals surface area (Å²) in [7, 11) is 0. The van der Waals surface area contributed by atoms with Crippen LogP contribution in [-0.2, 0) is 17.5 Å². The molecule has 0 unspecified atom stereocenters. The zero-order valence-electron chi connectivity index (χ0n) is 15.6. The second kappa shape index (κ2) is 9.43. The zero-order chi connectivity index (χ0) is 22.4. The molecule has 0 spiro atoms. The Morgan fingerprint density at radius 2 is 1.81 bits per heavy atom. The van der Waals surface area contributed by atoms with E-state index in [0.29, 0.717) is 22.5 Å².